The van der Waals surface area contributed by atoms with Gasteiger partial charge in [-0.3, -0.25) is 9.36 Å². The number of aromatic nitrogens is 1. The molecule has 36 heavy (non-hydrogen) atoms. The van der Waals surface area contributed by atoms with Crippen LogP contribution in [-0.2, 0) is 9.53 Å². The van der Waals surface area contributed by atoms with Gasteiger partial charge < -0.3 is 19.1 Å². The topological polar surface area (TPSA) is 82.4 Å². The van der Waals surface area contributed by atoms with Gasteiger partial charge in [-0.25, -0.2) is 9.79 Å². The Hall–Kier alpha value is -3.85. The molecule has 0 amide bonds. The number of hydrogen-bond acceptors (Lipinski definition) is 8. The summed E-state index contributed by atoms with van der Waals surface area (Å²) in [6.45, 7) is 3.70. The second-order valence-corrected chi connectivity index (χ2v) is 9.41. The van der Waals surface area contributed by atoms with E-state index in [-0.39, 0.29) is 12.2 Å². The molecular weight excluding hydrogens is 478 g/mol. The van der Waals surface area contributed by atoms with E-state index < -0.39 is 12.0 Å². The Morgan fingerprint density at radius 2 is 1.86 bits per heavy atom. The van der Waals surface area contributed by atoms with Crippen molar-refractivity contribution < 1.29 is 19.0 Å². The lowest BCUT2D eigenvalue weighted by molar-refractivity contribution is -0.139. The molecule has 1 unspecified atom stereocenters. The van der Waals surface area contributed by atoms with Crippen molar-refractivity contribution in [1.29, 1.82) is 0 Å². The summed E-state index contributed by atoms with van der Waals surface area (Å²) in [7, 11) is 7.06. The van der Waals surface area contributed by atoms with E-state index in [0.29, 0.717) is 37.7 Å². The van der Waals surface area contributed by atoms with Gasteiger partial charge >= 0.3 is 5.97 Å². The van der Waals surface area contributed by atoms with Gasteiger partial charge in [-0.05, 0) is 49.8 Å². The first kappa shape index (κ1) is 25.2. The van der Waals surface area contributed by atoms with Crippen molar-refractivity contribution in [3.63, 3.8) is 0 Å². The minimum absolute atomic E-state index is 0.204. The summed E-state index contributed by atoms with van der Waals surface area (Å²) in [4.78, 5) is 34.0. The third-order valence-electron chi connectivity index (χ3n) is 5.96. The summed E-state index contributed by atoms with van der Waals surface area (Å²) >= 11 is 1.28. The van der Waals surface area contributed by atoms with Gasteiger partial charge in [0.05, 0.1) is 36.6 Å². The Kier molecular flexibility index (Phi) is 7.30. The minimum atomic E-state index is -0.764. The molecule has 3 aromatic rings. The number of carbonyl (C=O) groups excluding carboxylic acids is 1. The number of anilines is 1. The van der Waals surface area contributed by atoms with Crippen LogP contribution in [0, 0.1) is 0 Å². The zero-order chi connectivity index (χ0) is 26.0. The highest BCUT2D eigenvalue weighted by molar-refractivity contribution is 7.07. The number of benzene rings is 2. The molecule has 1 aliphatic rings. The van der Waals surface area contributed by atoms with E-state index in [2.05, 4.69) is 4.99 Å². The third-order valence-corrected chi connectivity index (χ3v) is 6.94. The molecule has 1 aromatic heterocycles. The number of rotatable bonds is 7. The second-order valence-electron chi connectivity index (χ2n) is 8.40. The first-order valence-corrected chi connectivity index (χ1v) is 12.3. The number of hydrogen-bond donors (Lipinski definition) is 0. The first-order chi connectivity index (χ1) is 17.3. The predicted octanol–water partition coefficient (Wildman–Crippen LogP) is 2.88. The van der Waals surface area contributed by atoms with Crippen LogP contribution in [0.5, 0.6) is 11.5 Å². The number of methoxy groups -OCH3 is 2. The van der Waals surface area contributed by atoms with Gasteiger partial charge in [0.2, 0.25) is 0 Å². The van der Waals surface area contributed by atoms with Crippen LogP contribution in [-0.4, -0.2) is 45.5 Å². The molecule has 0 spiro atoms. The molecule has 0 aliphatic carbocycles. The summed E-state index contributed by atoms with van der Waals surface area (Å²) < 4.78 is 18.4. The van der Waals surface area contributed by atoms with Crippen molar-refractivity contribution in [2.75, 3.05) is 39.8 Å². The van der Waals surface area contributed by atoms with Gasteiger partial charge in [0.25, 0.3) is 5.56 Å². The maximum absolute atomic E-state index is 13.8. The van der Waals surface area contributed by atoms with Gasteiger partial charge in [0.1, 0.15) is 17.5 Å². The van der Waals surface area contributed by atoms with Gasteiger partial charge in [-0.15, -0.1) is 0 Å². The molecule has 8 nitrogen and oxygen atoms in total. The average molecular weight is 508 g/mol. The highest BCUT2D eigenvalue weighted by atomic mass is 32.1. The monoisotopic (exact) mass is 507 g/mol. The van der Waals surface area contributed by atoms with Crippen molar-refractivity contribution in [2.45, 2.75) is 19.9 Å². The molecule has 0 fully saturated rings. The van der Waals surface area contributed by atoms with Gasteiger partial charge in [-0.2, -0.15) is 0 Å². The zero-order valence-corrected chi connectivity index (χ0v) is 22.0. The average Bonchev–Trinajstić information content (AvgIpc) is 3.17. The van der Waals surface area contributed by atoms with E-state index in [1.54, 1.807) is 50.8 Å². The molecule has 9 heteroatoms. The van der Waals surface area contributed by atoms with Crippen molar-refractivity contribution in [3.8, 4) is 11.5 Å². The van der Waals surface area contributed by atoms with Crippen molar-refractivity contribution >= 4 is 29.1 Å². The van der Waals surface area contributed by atoms with Crippen LogP contribution < -0.4 is 29.3 Å². The zero-order valence-electron chi connectivity index (χ0n) is 21.2. The molecular formula is C27H29N3O5S. The minimum Gasteiger partial charge on any atom is -0.497 e. The maximum atomic E-state index is 13.8. The van der Waals surface area contributed by atoms with Crippen LogP contribution in [0.4, 0.5) is 5.69 Å². The largest absolute Gasteiger partial charge is 0.497 e. The van der Waals surface area contributed by atoms with E-state index in [0.717, 1.165) is 11.3 Å². The summed E-state index contributed by atoms with van der Waals surface area (Å²) in [5, 5.41) is 0. The van der Waals surface area contributed by atoms with E-state index in [4.69, 9.17) is 14.2 Å². The highest BCUT2D eigenvalue weighted by Crippen LogP contribution is 2.37. The van der Waals surface area contributed by atoms with E-state index in [1.807, 2.05) is 49.3 Å². The number of ether oxygens (including phenoxy) is 3. The molecule has 4 rings (SSSR count). The van der Waals surface area contributed by atoms with Crippen LogP contribution in [0.1, 0.15) is 31.0 Å². The van der Waals surface area contributed by atoms with E-state index in [1.165, 1.54) is 11.3 Å². The fraction of sp³-hybridized carbons (Fsp3) is 0.296. The van der Waals surface area contributed by atoms with E-state index in [9.17, 15) is 9.59 Å². The van der Waals surface area contributed by atoms with Gasteiger partial charge in [0, 0.05) is 31.4 Å². The van der Waals surface area contributed by atoms with Gasteiger partial charge in [-0.1, -0.05) is 23.5 Å². The number of allylic oxidation sites excluding steroid dienone is 1. The number of carbonyl (C=O) groups is 1. The quantitative estimate of drug-likeness (QED) is 0.458. The molecule has 0 saturated carbocycles. The first-order valence-electron chi connectivity index (χ1n) is 11.5. The smallest absolute Gasteiger partial charge is 0.338 e. The molecule has 2 aromatic carbocycles. The molecule has 0 bridgehead atoms. The molecule has 2 heterocycles. The number of esters is 1. The summed E-state index contributed by atoms with van der Waals surface area (Å²) in [6, 6.07) is 12.5. The normalized spacial score (nSPS) is 15.3. The summed E-state index contributed by atoms with van der Waals surface area (Å²) in [5.41, 5.74) is 3.15. The Morgan fingerprint density at radius 1 is 1.14 bits per heavy atom. The van der Waals surface area contributed by atoms with Gasteiger partial charge in [0.15, 0.2) is 4.80 Å². The SMILES string of the molecule is CCOC(=O)C1=C(C)N=c2s/c(=C\c3ccc(N(C)C)cc3)c(=O)n2C1c1ccc(OC)cc1OC. The van der Waals surface area contributed by atoms with Crippen LogP contribution in [0.2, 0.25) is 0 Å². The predicted molar refractivity (Wildman–Crippen MR) is 141 cm³/mol. The maximum Gasteiger partial charge on any atom is 0.338 e. The highest BCUT2D eigenvalue weighted by Gasteiger charge is 2.35. The third kappa shape index (κ3) is 4.66. The standard InChI is InChI=1S/C27H29N3O5S/c1-7-35-26(32)23-16(2)28-27-30(24(23)20-13-12-19(33-5)15-21(20)34-6)25(31)22(36-27)14-17-8-10-18(11-9-17)29(3)4/h8-15,24H,7H2,1-6H3/b22-14-. The Bertz CT molecular complexity index is 1500. The molecule has 0 saturated heterocycles. The summed E-state index contributed by atoms with van der Waals surface area (Å²) in [6.07, 6.45) is 1.84. The van der Waals surface area contributed by atoms with Crippen LogP contribution in [0.15, 0.2) is 63.5 Å². The van der Waals surface area contributed by atoms with Crippen LogP contribution in [0.3, 0.4) is 0 Å². The Morgan fingerprint density at radius 3 is 2.47 bits per heavy atom. The Labute approximate surface area is 213 Å². The van der Waals surface area contributed by atoms with Crippen molar-refractivity contribution in [3.05, 3.63) is 84.5 Å². The van der Waals surface area contributed by atoms with Crippen molar-refractivity contribution in [1.82, 2.24) is 4.57 Å². The lowest BCUT2D eigenvalue weighted by Gasteiger charge is -2.26. The number of thiazole rings is 1. The summed E-state index contributed by atoms with van der Waals surface area (Å²) in [5.74, 6) is 0.572. The second kappa shape index (κ2) is 10.4. The fourth-order valence-electron chi connectivity index (χ4n) is 4.15. The fourth-order valence-corrected chi connectivity index (χ4v) is 5.20. The molecule has 188 valence electrons. The van der Waals surface area contributed by atoms with E-state index >= 15 is 0 Å². The number of nitrogens with zero attached hydrogens (tertiary/aromatic N) is 3. The lowest BCUT2D eigenvalue weighted by atomic mass is 9.95. The number of fused-ring (bicyclic) bond motifs is 1. The van der Waals surface area contributed by atoms with Crippen molar-refractivity contribution in [2.24, 2.45) is 4.99 Å². The molecule has 1 aliphatic heterocycles. The van der Waals surface area contributed by atoms with Crippen LogP contribution in [0.25, 0.3) is 6.08 Å². The lowest BCUT2D eigenvalue weighted by Crippen LogP contribution is -2.40. The molecule has 1 atom stereocenters. The van der Waals surface area contributed by atoms with Crippen LogP contribution >= 0.6 is 11.3 Å². The molecule has 0 N–H and O–H groups in total. The Balaban J connectivity index is 1.94. The molecule has 0 radical (unpaired) electrons.